The summed E-state index contributed by atoms with van der Waals surface area (Å²) in [6.07, 6.45) is -0.612. The predicted molar refractivity (Wildman–Crippen MR) is 125 cm³/mol. The number of benzene rings is 1. The van der Waals surface area contributed by atoms with Gasteiger partial charge in [-0.1, -0.05) is 65.8 Å². The fourth-order valence-electron chi connectivity index (χ4n) is 3.99. The lowest BCUT2D eigenvalue weighted by Gasteiger charge is -2.35. The van der Waals surface area contributed by atoms with Gasteiger partial charge in [0.05, 0.1) is 12.1 Å². The van der Waals surface area contributed by atoms with Crippen LogP contribution in [0.3, 0.4) is 0 Å². The Morgan fingerprint density at radius 2 is 1.59 bits per heavy atom. The fourth-order valence-corrected chi connectivity index (χ4v) is 3.99. The van der Waals surface area contributed by atoms with Crippen molar-refractivity contribution in [2.75, 3.05) is 6.54 Å². The summed E-state index contributed by atoms with van der Waals surface area (Å²) in [5, 5.41) is 15.9. The Morgan fingerprint density at radius 1 is 1.03 bits per heavy atom. The fraction of sp³-hybridized carbons (Fsp3) is 0.640. The average Bonchev–Trinajstić information content (AvgIpc) is 3.06. The molecule has 0 unspecified atom stereocenters. The molecule has 32 heavy (non-hydrogen) atoms. The standard InChI is InChI=1S/C25H39N3O4/c1-15(17-9-11-18(12-10-17)24(3,4)5)26-22(31)20-13-19(30)14-28(20)23(32)21(25(6,7)8)27-16(2)29/h9-12,15,19-21,30H,13-14H2,1-8H3,(H,26,31)(H,27,29)/t15-,19+,20-,21+/m0/s1. The minimum Gasteiger partial charge on any atom is -0.391 e. The molecule has 3 amide bonds. The first-order valence-electron chi connectivity index (χ1n) is 11.3. The zero-order valence-corrected chi connectivity index (χ0v) is 20.7. The van der Waals surface area contributed by atoms with E-state index >= 15 is 0 Å². The van der Waals surface area contributed by atoms with Gasteiger partial charge in [-0.3, -0.25) is 14.4 Å². The monoisotopic (exact) mass is 445 g/mol. The second kappa shape index (κ2) is 9.61. The van der Waals surface area contributed by atoms with E-state index in [0.29, 0.717) is 0 Å². The molecule has 7 heteroatoms. The average molecular weight is 446 g/mol. The minimum atomic E-state index is -0.789. The van der Waals surface area contributed by atoms with Gasteiger partial charge in [-0.15, -0.1) is 0 Å². The van der Waals surface area contributed by atoms with Crippen molar-refractivity contribution in [3.05, 3.63) is 35.4 Å². The Kier molecular flexibility index (Phi) is 7.76. The molecule has 0 saturated carbocycles. The zero-order valence-electron chi connectivity index (χ0n) is 20.7. The molecule has 2 rings (SSSR count). The van der Waals surface area contributed by atoms with E-state index in [0.717, 1.165) is 5.56 Å². The summed E-state index contributed by atoms with van der Waals surface area (Å²) in [5.74, 6) is -0.976. The van der Waals surface area contributed by atoms with Crippen LogP contribution in [0.15, 0.2) is 24.3 Å². The highest BCUT2D eigenvalue weighted by Gasteiger charge is 2.44. The Morgan fingerprint density at radius 3 is 2.06 bits per heavy atom. The van der Waals surface area contributed by atoms with Crippen LogP contribution in [0.25, 0.3) is 0 Å². The van der Waals surface area contributed by atoms with Gasteiger partial charge in [0.2, 0.25) is 17.7 Å². The normalized spacial score (nSPS) is 21.1. The predicted octanol–water partition coefficient (Wildman–Crippen LogP) is 2.67. The molecule has 1 aromatic rings. The van der Waals surface area contributed by atoms with Crippen LogP contribution < -0.4 is 10.6 Å². The van der Waals surface area contributed by atoms with E-state index in [1.54, 1.807) is 0 Å². The molecule has 1 fully saturated rings. The molecular formula is C25H39N3O4. The number of carbonyl (C=O) groups is 3. The van der Waals surface area contributed by atoms with Gasteiger partial charge in [0.15, 0.2) is 0 Å². The number of hydrogen-bond donors (Lipinski definition) is 3. The van der Waals surface area contributed by atoms with E-state index in [1.165, 1.54) is 17.4 Å². The first-order valence-corrected chi connectivity index (χ1v) is 11.3. The number of β-amino-alcohol motifs (C(OH)–C–C–N with tert-alkyl or cyclic N) is 1. The van der Waals surface area contributed by atoms with Crippen LogP contribution in [0.4, 0.5) is 0 Å². The van der Waals surface area contributed by atoms with E-state index in [1.807, 2.05) is 39.8 Å². The van der Waals surface area contributed by atoms with Crippen molar-refractivity contribution in [2.45, 2.75) is 91.5 Å². The number of aliphatic hydroxyl groups is 1. The van der Waals surface area contributed by atoms with Gasteiger partial charge < -0.3 is 20.6 Å². The van der Waals surface area contributed by atoms with Crippen LogP contribution >= 0.6 is 0 Å². The van der Waals surface area contributed by atoms with E-state index in [9.17, 15) is 19.5 Å². The lowest BCUT2D eigenvalue weighted by Crippen LogP contribution is -2.57. The lowest BCUT2D eigenvalue weighted by molar-refractivity contribution is -0.144. The second-order valence-electron chi connectivity index (χ2n) is 11.0. The molecule has 0 aliphatic carbocycles. The smallest absolute Gasteiger partial charge is 0.246 e. The summed E-state index contributed by atoms with van der Waals surface area (Å²) in [5.41, 5.74) is 1.68. The van der Waals surface area contributed by atoms with Crippen LogP contribution in [0.5, 0.6) is 0 Å². The van der Waals surface area contributed by atoms with Crippen LogP contribution in [0.1, 0.15) is 79.0 Å². The highest BCUT2D eigenvalue weighted by atomic mass is 16.3. The Balaban J connectivity index is 2.17. The van der Waals surface area contributed by atoms with Crippen molar-refractivity contribution in [2.24, 2.45) is 5.41 Å². The maximum atomic E-state index is 13.3. The van der Waals surface area contributed by atoms with Crippen molar-refractivity contribution in [1.82, 2.24) is 15.5 Å². The Bertz CT molecular complexity index is 836. The number of rotatable bonds is 5. The van der Waals surface area contributed by atoms with Gasteiger partial charge in [0.1, 0.15) is 12.1 Å². The molecule has 1 aliphatic rings. The van der Waals surface area contributed by atoms with Crippen LogP contribution in [-0.4, -0.2) is 52.5 Å². The maximum Gasteiger partial charge on any atom is 0.246 e. The Hall–Kier alpha value is -2.41. The Labute approximate surface area is 191 Å². The van der Waals surface area contributed by atoms with Gasteiger partial charge in [-0.05, 0) is 28.9 Å². The van der Waals surface area contributed by atoms with Crippen LogP contribution in [0.2, 0.25) is 0 Å². The maximum absolute atomic E-state index is 13.3. The zero-order chi connectivity index (χ0) is 24.4. The lowest BCUT2D eigenvalue weighted by atomic mass is 9.85. The van der Waals surface area contributed by atoms with E-state index in [-0.39, 0.29) is 42.1 Å². The summed E-state index contributed by atoms with van der Waals surface area (Å²) in [6, 6.07) is 6.31. The number of carbonyl (C=O) groups excluding carboxylic acids is 3. The van der Waals surface area contributed by atoms with E-state index in [2.05, 4.69) is 43.5 Å². The number of likely N-dealkylation sites (tertiary alicyclic amines) is 1. The first kappa shape index (κ1) is 25.8. The molecule has 3 N–H and O–H groups in total. The van der Waals surface area contributed by atoms with Gasteiger partial charge in [-0.2, -0.15) is 0 Å². The number of nitrogens with zero attached hydrogens (tertiary/aromatic N) is 1. The molecule has 0 bridgehead atoms. The molecule has 0 radical (unpaired) electrons. The SMILES string of the molecule is CC(=O)N[C@H](C(=O)N1C[C@H](O)C[C@H]1C(=O)N[C@@H](C)c1ccc(C(C)(C)C)cc1)C(C)(C)C. The molecule has 1 aromatic carbocycles. The quantitative estimate of drug-likeness (QED) is 0.649. The van der Waals surface area contributed by atoms with Gasteiger partial charge >= 0.3 is 0 Å². The van der Waals surface area contributed by atoms with Crippen LogP contribution in [0, 0.1) is 5.41 Å². The highest BCUT2D eigenvalue weighted by Crippen LogP contribution is 2.27. The van der Waals surface area contributed by atoms with Crippen LogP contribution in [-0.2, 0) is 19.8 Å². The molecule has 4 atom stereocenters. The van der Waals surface area contributed by atoms with Gasteiger partial charge in [0, 0.05) is 19.9 Å². The topological polar surface area (TPSA) is 98.7 Å². The van der Waals surface area contributed by atoms with Gasteiger partial charge in [0.25, 0.3) is 0 Å². The largest absolute Gasteiger partial charge is 0.391 e. The van der Waals surface area contributed by atoms with E-state index < -0.39 is 23.6 Å². The molecule has 178 valence electrons. The first-order chi connectivity index (χ1) is 14.6. The molecule has 7 nitrogen and oxygen atoms in total. The summed E-state index contributed by atoms with van der Waals surface area (Å²) >= 11 is 0. The highest BCUT2D eigenvalue weighted by molar-refractivity contribution is 5.93. The van der Waals surface area contributed by atoms with Crippen molar-refractivity contribution in [3.8, 4) is 0 Å². The van der Waals surface area contributed by atoms with Crippen molar-refractivity contribution in [3.63, 3.8) is 0 Å². The third-order valence-corrected chi connectivity index (χ3v) is 5.96. The summed E-state index contributed by atoms with van der Waals surface area (Å²) in [4.78, 5) is 39.5. The number of aliphatic hydroxyl groups excluding tert-OH is 1. The molecule has 0 spiro atoms. The summed E-state index contributed by atoms with van der Waals surface area (Å²) in [6.45, 7) is 15.3. The minimum absolute atomic E-state index is 0.0450. The number of hydrogen-bond acceptors (Lipinski definition) is 4. The summed E-state index contributed by atoms with van der Waals surface area (Å²) in [7, 11) is 0. The van der Waals surface area contributed by atoms with Crippen molar-refractivity contribution in [1.29, 1.82) is 0 Å². The molecular weight excluding hydrogens is 406 g/mol. The third-order valence-electron chi connectivity index (χ3n) is 5.96. The number of amides is 3. The molecule has 1 saturated heterocycles. The third kappa shape index (κ3) is 6.31. The second-order valence-corrected chi connectivity index (χ2v) is 11.0. The number of nitrogens with one attached hydrogen (secondary N) is 2. The van der Waals surface area contributed by atoms with Gasteiger partial charge in [-0.25, -0.2) is 0 Å². The molecule has 0 aromatic heterocycles. The summed E-state index contributed by atoms with van der Waals surface area (Å²) < 4.78 is 0. The molecule has 1 aliphatic heterocycles. The van der Waals surface area contributed by atoms with Crippen molar-refractivity contribution < 1.29 is 19.5 Å². The van der Waals surface area contributed by atoms with Crippen molar-refractivity contribution >= 4 is 17.7 Å². The molecule has 1 heterocycles. The van der Waals surface area contributed by atoms with E-state index in [4.69, 9.17) is 0 Å².